The summed E-state index contributed by atoms with van der Waals surface area (Å²) in [4.78, 5) is 8.20. The van der Waals surface area contributed by atoms with E-state index in [-0.39, 0.29) is 0 Å². The van der Waals surface area contributed by atoms with Crippen molar-refractivity contribution in [1.29, 1.82) is 0 Å². The zero-order valence-electron chi connectivity index (χ0n) is 7.45. The van der Waals surface area contributed by atoms with Gasteiger partial charge in [-0.2, -0.15) is 0 Å². The predicted molar refractivity (Wildman–Crippen MR) is 60.4 cm³/mol. The lowest BCUT2D eigenvalue weighted by Crippen LogP contribution is -1.85. The van der Waals surface area contributed by atoms with E-state index in [0.717, 1.165) is 16.1 Å². The van der Waals surface area contributed by atoms with E-state index >= 15 is 0 Å². The zero-order chi connectivity index (χ0) is 9.36. The molecule has 0 aromatic carbocycles. The Morgan fingerprint density at radius 3 is 2.85 bits per heavy atom. The Morgan fingerprint density at radius 2 is 2.15 bits per heavy atom. The van der Waals surface area contributed by atoms with Crippen LogP contribution in [-0.2, 0) is 0 Å². The molecule has 0 radical (unpaired) electrons. The van der Waals surface area contributed by atoms with E-state index in [1.807, 2.05) is 6.20 Å². The summed E-state index contributed by atoms with van der Waals surface area (Å²) in [5.74, 6) is 1.14. The highest BCUT2D eigenvalue weighted by Gasteiger charge is 1.94. The molecule has 0 amide bonds. The van der Waals surface area contributed by atoms with Gasteiger partial charge >= 0.3 is 0 Å². The first kappa shape index (κ1) is 11.0. The maximum atomic E-state index is 4.19. The summed E-state index contributed by atoms with van der Waals surface area (Å²) >= 11 is 5.20. The van der Waals surface area contributed by atoms with Crippen LogP contribution in [-0.4, -0.2) is 21.1 Å². The van der Waals surface area contributed by atoms with Crippen molar-refractivity contribution < 1.29 is 0 Å². The highest BCUT2D eigenvalue weighted by molar-refractivity contribution is 9.09. The van der Waals surface area contributed by atoms with Crippen molar-refractivity contribution >= 4 is 27.7 Å². The summed E-state index contributed by atoms with van der Waals surface area (Å²) in [5.41, 5.74) is 0. The van der Waals surface area contributed by atoms with Gasteiger partial charge in [0, 0.05) is 17.7 Å². The van der Waals surface area contributed by atoms with Gasteiger partial charge < -0.3 is 0 Å². The molecule has 1 heterocycles. The third-order valence-corrected chi connectivity index (χ3v) is 3.13. The third kappa shape index (κ3) is 5.26. The SMILES string of the molecule is BrCCCCCSc1cnccn1. The van der Waals surface area contributed by atoms with E-state index in [1.165, 1.54) is 19.3 Å². The molecule has 0 N–H and O–H groups in total. The average molecular weight is 261 g/mol. The summed E-state index contributed by atoms with van der Waals surface area (Å²) in [7, 11) is 0. The fraction of sp³-hybridized carbons (Fsp3) is 0.556. The van der Waals surface area contributed by atoms with Crippen molar-refractivity contribution in [2.45, 2.75) is 24.3 Å². The monoisotopic (exact) mass is 260 g/mol. The van der Waals surface area contributed by atoms with Gasteiger partial charge in [0.2, 0.25) is 0 Å². The van der Waals surface area contributed by atoms with Gasteiger partial charge in [0.05, 0.1) is 6.20 Å². The van der Waals surface area contributed by atoms with E-state index < -0.39 is 0 Å². The number of aromatic nitrogens is 2. The minimum Gasteiger partial charge on any atom is -0.260 e. The molecule has 1 rings (SSSR count). The lowest BCUT2D eigenvalue weighted by molar-refractivity contribution is 0.788. The number of hydrogen-bond acceptors (Lipinski definition) is 3. The Labute approximate surface area is 91.7 Å². The molecule has 72 valence electrons. The standard InChI is InChI=1S/C9H13BrN2S/c10-4-2-1-3-7-13-9-8-11-5-6-12-9/h5-6,8H,1-4,7H2. The van der Waals surface area contributed by atoms with Crippen LogP contribution in [0.1, 0.15) is 19.3 Å². The highest BCUT2D eigenvalue weighted by atomic mass is 79.9. The van der Waals surface area contributed by atoms with Gasteiger partial charge in [0.1, 0.15) is 5.03 Å². The minimum absolute atomic E-state index is 1.03. The number of unbranched alkanes of at least 4 members (excludes halogenated alkanes) is 2. The number of alkyl halides is 1. The molecular formula is C9H13BrN2S. The van der Waals surface area contributed by atoms with Crippen molar-refractivity contribution in [3.8, 4) is 0 Å². The largest absolute Gasteiger partial charge is 0.260 e. The summed E-state index contributed by atoms with van der Waals surface area (Å²) in [6.07, 6.45) is 9.07. The third-order valence-electron chi connectivity index (χ3n) is 1.57. The first-order chi connectivity index (χ1) is 6.43. The van der Waals surface area contributed by atoms with Gasteiger partial charge in [-0.05, 0) is 18.6 Å². The molecule has 0 spiro atoms. The Hall–Kier alpha value is -0.0900. The van der Waals surface area contributed by atoms with Crippen molar-refractivity contribution in [2.75, 3.05) is 11.1 Å². The summed E-state index contributed by atoms with van der Waals surface area (Å²) in [6.45, 7) is 0. The van der Waals surface area contributed by atoms with Crippen LogP contribution >= 0.6 is 27.7 Å². The lowest BCUT2D eigenvalue weighted by Gasteiger charge is -1.98. The number of nitrogens with zero attached hydrogens (tertiary/aromatic N) is 2. The minimum atomic E-state index is 1.03. The Balaban J connectivity index is 2.07. The molecule has 0 fully saturated rings. The van der Waals surface area contributed by atoms with Crippen LogP contribution in [0.5, 0.6) is 0 Å². The van der Waals surface area contributed by atoms with Crippen LogP contribution in [0.2, 0.25) is 0 Å². The molecular weight excluding hydrogens is 248 g/mol. The summed E-state index contributed by atoms with van der Waals surface area (Å²) in [6, 6.07) is 0. The lowest BCUT2D eigenvalue weighted by atomic mass is 10.3. The molecule has 0 aliphatic carbocycles. The molecule has 2 nitrogen and oxygen atoms in total. The highest BCUT2D eigenvalue weighted by Crippen LogP contribution is 2.15. The molecule has 1 aromatic heterocycles. The topological polar surface area (TPSA) is 25.8 Å². The number of thioether (sulfide) groups is 1. The molecule has 0 aliphatic heterocycles. The maximum absolute atomic E-state index is 4.19. The molecule has 0 saturated heterocycles. The van der Waals surface area contributed by atoms with Gasteiger partial charge in [-0.3, -0.25) is 4.98 Å². The Kier molecular flexibility index (Phi) is 6.19. The first-order valence-electron chi connectivity index (χ1n) is 4.38. The second-order valence-electron chi connectivity index (χ2n) is 2.64. The summed E-state index contributed by atoms with van der Waals surface area (Å²) < 4.78 is 0. The van der Waals surface area contributed by atoms with Crippen LogP contribution in [0.25, 0.3) is 0 Å². The molecule has 4 heteroatoms. The maximum Gasteiger partial charge on any atom is 0.114 e. The molecule has 1 aromatic rings. The van der Waals surface area contributed by atoms with Gasteiger partial charge in [-0.15, -0.1) is 11.8 Å². The van der Waals surface area contributed by atoms with E-state index in [0.29, 0.717) is 0 Å². The fourth-order valence-electron chi connectivity index (χ4n) is 0.910. The number of halogens is 1. The van der Waals surface area contributed by atoms with E-state index in [1.54, 1.807) is 24.2 Å². The van der Waals surface area contributed by atoms with Gasteiger partial charge in [-0.1, -0.05) is 22.4 Å². The molecule has 0 aliphatic rings. The van der Waals surface area contributed by atoms with Crippen LogP contribution in [0, 0.1) is 0 Å². The fourth-order valence-corrected chi connectivity index (χ4v) is 2.13. The smallest absolute Gasteiger partial charge is 0.114 e. The number of hydrogen-bond donors (Lipinski definition) is 0. The van der Waals surface area contributed by atoms with Crippen molar-refractivity contribution in [3.05, 3.63) is 18.6 Å². The zero-order valence-corrected chi connectivity index (χ0v) is 9.85. The normalized spacial score (nSPS) is 10.2. The van der Waals surface area contributed by atoms with Gasteiger partial charge in [-0.25, -0.2) is 4.98 Å². The van der Waals surface area contributed by atoms with E-state index in [4.69, 9.17) is 0 Å². The van der Waals surface area contributed by atoms with Gasteiger partial charge in [0.25, 0.3) is 0 Å². The second-order valence-corrected chi connectivity index (χ2v) is 4.55. The molecule has 13 heavy (non-hydrogen) atoms. The van der Waals surface area contributed by atoms with Crippen LogP contribution in [0.4, 0.5) is 0 Å². The summed E-state index contributed by atoms with van der Waals surface area (Å²) in [5, 5.41) is 2.14. The Morgan fingerprint density at radius 1 is 1.23 bits per heavy atom. The van der Waals surface area contributed by atoms with E-state index in [9.17, 15) is 0 Å². The van der Waals surface area contributed by atoms with Crippen LogP contribution in [0.3, 0.4) is 0 Å². The van der Waals surface area contributed by atoms with Crippen LogP contribution in [0.15, 0.2) is 23.6 Å². The Bertz CT molecular complexity index is 218. The first-order valence-corrected chi connectivity index (χ1v) is 6.49. The molecule has 0 bridgehead atoms. The van der Waals surface area contributed by atoms with Crippen molar-refractivity contribution in [1.82, 2.24) is 9.97 Å². The van der Waals surface area contributed by atoms with Crippen molar-refractivity contribution in [3.63, 3.8) is 0 Å². The molecule has 0 saturated carbocycles. The quantitative estimate of drug-likeness (QED) is 0.447. The van der Waals surface area contributed by atoms with E-state index in [2.05, 4.69) is 25.9 Å². The van der Waals surface area contributed by atoms with Crippen molar-refractivity contribution in [2.24, 2.45) is 0 Å². The predicted octanol–water partition coefficient (Wildman–Crippen LogP) is 3.13. The molecule has 0 atom stereocenters. The number of rotatable bonds is 6. The van der Waals surface area contributed by atoms with Crippen LogP contribution < -0.4 is 0 Å². The molecule has 0 unspecified atom stereocenters. The average Bonchev–Trinajstić information content (AvgIpc) is 2.19. The second kappa shape index (κ2) is 7.33. The van der Waals surface area contributed by atoms with Gasteiger partial charge in [0.15, 0.2) is 0 Å².